The van der Waals surface area contributed by atoms with Gasteiger partial charge < -0.3 is 5.01 Å². The summed E-state index contributed by atoms with van der Waals surface area (Å²) >= 11 is 6.17. The first-order chi connectivity index (χ1) is 7.52. The molecule has 16 heavy (non-hydrogen) atoms. The zero-order chi connectivity index (χ0) is 11.9. The lowest BCUT2D eigenvalue weighted by Gasteiger charge is -2.19. The van der Waals surface area contributed by atoms with Gasteiger partial charge in [-0.25, -0.2) is 9.66 Å². The van der Waals surface area contributed by atoms with Crippen molar-refractivity contribution in [2.45, 2.75) is 19.2 Å². The highest BCUT2D eigenvalue weighted by Gasteiger charge is 2.16. The molecule has 86 valence electrons. The number of para-hydroxylation sites is 1. The number of fused-ring (bicyclic) bond motifs is 1. The van der Waals surface area contributed by atoms with E-state index in [1.807, 2.05) is 32.1 Å². The van der Waals surface area contributed by atoms with Crippen LogP contribution in [0.4, 0.5) is 0 Å². The number of aromatic nitrogens is 2. The van der Waals surface area contributed by atoms with Crippen LogP contribution in [0.1, 0.15) is 23.7 Å². The molecule has 0 amide bonds. The predicted molar refractivity (Wildman–Crippen MR) is 68.8 cm³/mol. The highest BCUT2D eigenvalue weighted by atomic mass is 35.5. The quantitative estimate of drug-likeness (QED) is 0.749. The van der Waals surface area contributed by atoms with Crippen LogP contribution in [-0.2, 0) is 0 Å². The molecule has 1 aromatic carbocycles. The summed E-state index contributed by atoms with van der Waals surface area (Å²) in [6.45, 7) is 4.01. The second-order valence-electron chi connectivity index (χ2n) is 4.19. The largest absolute Gasteiger partial charge is 0.317 e. The van der Waals surface area contributed by atoms with Crippen LogP contribution in [0.3, 0.4) is 0 Å². The molecular weight excluding hydrogens is 222 g/mol. The van der Waals surface area contributed by atoms with Gasteiger partial charge in [-0.3, -0.25) is 0 Å². The molecule has 4 heteroatoms. The van der Waals surface area contributed by atoms with Crippen LogP contribution >= 0.6 is 11.6 Å². The van der Waals surface area contributed by atoms with Crippen molar-refractivity contribution in [3.8, 4) is 0 Å². The predicted octanol–water partition coefficient (Wildman–Crippen LogP) is 2.84. The van der Waals surface area contributed by atoms with Gasteiger partial charge in [-0.1, -0.05) is 12.1 Å². The summed E-state index contributed by atoms with van der Waals surface area (Å²) < 4.78 is 2.06. The summed E-state index contributed by atoms with van der Waals surface area (Å²) in [5.74, 6) is 0.885. The Morgan fingerprint density at radius 2 is 2.06 bits per heavy atom. The van der Waals surface area contributed by atoms with Crippen LogP contribution in [0.5, 0.6) is 0 Å². The van der Waals surface area contributed by atoms with Gasteiger partial charge in [0.25, 0.3) is 0 Å². The Labute approximate surface area is 101 Å². The molecule has 0 saturated heterocycles. The molecular formula is C12H16ClN3. The summed E-state index contributed by atoms with van der Waals surface area (Å²) in [5.41, 5.74) is 3.31. The van der Waals surface area contributed by atoms with E-state index in [1.54, 1.807) is 0 Å². The summed E-state index contributed by atoms with van der Waals surface area (Å²) in [7, 11) is 3.98. The lowest BCUT2D eigenvalue weighted by molar-refractivity contribution is 0.694. The Morgan fingerprint density at radius 3 is 2.62 bits per heavy atom. The maximum Gasteiger partial charge on any atom is 0.146 e. The van der Waals surface area contributed by atoms with Crippen LogP contribution in [0.15, 0.2) is 18.2 Å². The fourth-order valence-corrected chi connectivity index (χ4v) is 2.06. The Kier molecular flexibility index (Phi) is 2.80. The van der Waals surface area contributed by atoms with Crippen molar-refractivity contribution in [3.05, 3.63) is 29.6 Å². The Balaban J connectivity index is 2.81. The van der Waals surface area contributed by atoms with Gasteiger partial charge in [0, 0.05) is 14.1 Å². The van der Waals surface area contributed by atoms with Crippen molar-refractivity contribution < 1.29 is 0 Å². The summed E-state index contributed by atoms with van der Waals surface area (Å²) in [6.07, 6.45) is 0. The van der Waals surface area contributed by atoms with E-state index in [1.165, 1.54) is 5.56 Å². The lowest BCUT2D eigenvalue weighted by Crippen LogP contribution is -2.26. The Hall–Kier alpha value is -1.22. The van der Waals surface area contributed by atoms with Gasteiger partial charge in [0.05, 0.1) is 16.4 Å². The number of rotatable bonds is 2. The van der Waals surface area contributed by atoms with Gasteiger partial charge in [-0.05, 0) is 25.5 Å². The van der Waals surface area contributed by atoms with Crippen LogP contribution in [-0.4, -0.2) is 23.8 Å². The van der Waals surface area contributed by atoms with E-state index < -0.39 is 0 Å². The van der Waals surface area contributed by atoms with E-state index in [2.05, 4.69) is 28.7 Å². The molecule has 0 radical (unpaired) electrons. The number of benzene rings is 1. The molecule has 2 aromatic rings. The molecule has 3 nitrogen and oxygen atoms in total. The van der Waals surface area contributed by atoms with Gasteiger partial charge in [0.15, 0.2) is 0 Å². The molecule has 0 aliphatic rings. The maximum absolute atomic E-state index is 6.17. The van der Waals surface area contributed by atoms with Crippen molar-refractivity contribution in [3.63, 3.8) is 0 Å². The molecule has 0 aliphatic heterocycles. The summed E-state index contributed by atoms with van der Waals surface area (Å²) in [5, 5.41) is 1.90. The molecule has 0 fully saturated rings. The zero-order valence-corrected chi connectivity index (χ0v) is 10.8. The highest BCUT2D eigenvalue weighted by molar-refractivity contribution is 6.20. The first kappa shape index (κ1) is 11.3. The van der Waals surface area contributed by atoms with E-state index in [4.69, 9.17) is 11.6 Å². The number of imidazole rings is 1. The smallest absolute Gasteiger partial charge is 0.146 e. The minimum Gasteiger partial charge on any atom is -0.317 e. The average Bonchev–Trinajstić information content (AvgIpc) is 2.58. The van der Waals surface area contributed by atoms with Crippen LogP contribution in [0, 0.1) is 6.92 Å². The SMILES string of the molecule is Cc1cccc2c1nc(C(C)Cl)n2N(C)C. The summed E-state index contributed by atoms with van der Waals surface area (Å²) in [6, 6.07) is 6.18. The van der Waals surface area contributed by atoms with E-state index in [0.717, 1.165) is 16.9 Å². The summed E-state index contributed by atoms with van der Waals surface area (Å²) in [4.78, 5) is 4.62. The van der Waals surface area contributed by atoms with E-state index in [0.29, 0.717) is 0 Å². The van der Waals surface area contributed by atoms with Crippen molar-refractivity contribution in [2.75, 3.05) is 19.1 Å². The highest BCUT2D eigenvalue weighted by Crippen LogP contribution is 2.25. The van der Waals surface area contributed by atoms with Crippen molar-refractivity contribution in [1.82, 2.24) is 9.66 Å². The molecule has 1 atom stereocenters. The monoisotopic (exact) mass is 237 g/mol. The van der Waals surface area contributed by atoms with Crippen molar-refractivity contribution in [2.24, 2.45) is 0 Å². The first-order valence-corrected chi connectivity index (χ1v) is 5.75. The van der Waals surface area contributed by atoms with E-state index in [9.17, 15) is 0 Å². The second-order valence-corrected chi connectivity index (χ2v) is 4.84. The van der Waals surface area contributed by atoms with Crippen LogP contribution < -0.4 is 5.01 Å². The standard InChI is InChI=1S/C12H16ClN3/c1-8-6-5-7-10-11(8)14-12(9(2)13)16(10)15(3)4/h5-7,9H,1-4H3. The number of hydrogen-bond donors (Lipinski definition) is 0. The molecule has 1 heterocycles. The fraction of sp³-hybridized carbons (Fsp3) is 0.417. The topological polar surface area (TPSA) is 21.1 Å². The minimum atomic E-state index is -0.103. The third kappa shape index (κ3) is 1.65. The number of halogens is 1. The van der Waals surface area contributed by atoms with Gasteiger partial charge >= 0.3 is 0 Å². The van der Waals surface area contributed by atoms with Crippen LogP contribution in [0.25, 0.3) is 11.0 Å². The molecule has 1 aromatic heterocycles. The molecule has 0 bridgehead atoms. The van der Waals surface area contributed by atoms with Gasteiger partial charge in [-0.2, -0.15) is 0 Å². The van der Waals surface area contributed by atoms with E-state index >= 15 is 0 Å². The molecule has 1 unspecified atom stereocenters. The molecule has 0 spiro atoms. The minimum absolute atomic E-state index is 0.103. The second kappa shape index (κ2) is 3.98. The zero-order valence-electron chi connectivity index (χ0n) is 10.0. The fourth-order valence-electron chi connectivity index (χ4n) is 1.92. The third-order valence-electron chi connectivity index (χ3n) is 2.64. The van der Waals surface area contributed by atoms with Gasteiger partial charge in [-0.15, -0.1) is 11.6 Å². The van der Waals surface area contributed by atoms with Crippen molar-refractivity contribution in [1.29, 1.82) is 0 Å². The number of hydrogen-bond acceptors (Lipinski definition) is 2. The normalized spacial score (nSPS) is 13.1. The van der Waals surface area contributed by atoms with Crippen LogP contribution in [0.2, 0.25) is 0 Å². The van der Waals surface area contributed by atoms with Crippen molar-refractivity contribution >= 4 is 22.6 Å². The molecule has 0 aliphatic carbocycles. The molecule has 0 saturated carbocycles. The molecule has 0 N–H and O–H groups in total. The third-order valence-corrected chi connectivity index (χ3v) is 2.84. The molecule has 2 rings (SSSR count). The number of alkyl halides is 1. The first-order valence-electron chi connectivity index (χ1n) is 5.32. The van der Waals surface area contributed by atoms with Gasteiger partial charge in [0.2, 0.25) is 0 Å². The maximum atomic E-state index is 6.17. The number of aryl methyl sites for hydroxylation is 1. The van der Waals surface area contributed by atoms with E-state index in [-0.39, 0.29) is 5.38 Å². The number of nitrogens with zero attached hydrogens (tertiary/aromatic N) is 3. The lowest BCUT2D eigenvalue weighted by atomic mass is 10.2. The average molecular weight is 238 g/mol. The Bertz CT molecular complexity index is 514. The van der Waals surface area contributed by atoms with Gasteiger partial charge in [0.1, 0.15) is 5.82 Å². The Morgan fingerprint density at radius 1 is 1.38 bits per heavy atom.